The average Bonchev–Trinajstić information content (AvgIpc) is 2.02. The van der Waals surface area contributed by atoms with Gasteiger partial charge in [-0.2, -0.15) is 0 Å². The summed E-state index contributed by atoms with van der Waals surface area (Å²) in [6.07, 6.45) is 0.938. The molecule has 2 heteroatoms. The molecular formula is C11H14FN. The number of aryl methyl sites for hydroxylation is 1. The Labute approximate surface area is 78.0 Å². The van der Waals surface area contributed by atoms with Gasteiger partial charge in [0.05, 0.1) is 0 Å². The number of benzene rings is 1. The molecule has 1 aliphatic rings. The molecule has 1 heterocycles. The summed E-state index contributed by atoms with van der Waals surface area (Å²) in [7, 11) is 0. The zero-order valence-corrected chi connectivity index (χ0v) is 8.02. The summed E-state index contributed by atoms with van der Waals surface area (Å²) in [4.78, 5) is 0. The molecule has 0 aliphatic carbocycles. The summed E-state index contributed by atoms with van der Waals surface area (Å²) < 4.78 is 13.1. The first kappa shape index (κ1) is 8.70. The van der Waals surface area contributed by atoms with Gasteiger partial charge < -0.3 is 5.32 Å². The van der Waals surface area contributed by atoms with Crippen LogP contribution in [0.15, 0.2) is 12.1 Å². The van der Waals surface area contributed by atoms with Gasteiger partial charge in [0.2, 0.25) is 0 Å². The van der Waals surface area contributed by atoms with Crippen molar-refractivity contribution in [3.8, 4) is 0 Å². The maximum atomic E-state index is 13.1. The Bertz CT molecular complexity index is 333. The summed E-state index contributed by atoms with van der Waals surface area (Å²) in [6.45, 7) is 4.98. The van der Waals surface area contributed by atoms with Crippen molar-refractivity contribution in [2.75, 3.05) is 0 Å². The second-order valence-electron chi connectivity index (χ2n) is 3.85. The molecule has 1 aromatic rings. The molecular weight excluding hydrogens is 165 g/mol. The summed E-state index contributed by atoms with van der Waals surface area (Å²) in [5, 5.41) is 3.38. The first-order valence-electron chi connectivity index (χ1n) is 4.68. The van der Waals surface area contributed by atoms with E-state index in [0.29, 0.717) is 6.04 Å². The maximum Gasteiger partial charge on any atom is 0.123 e. The van der Waals surface area contributed by atoms with E-state index in [1.54, 1.807) is 12.1 Å². The van der Waals surface area contributed by atoms with Crippen molar-refractivity contribution in [1.82, 2.24) is 5.32 Å². The lowest BCUT2D eigenvalue weighted by Gasteiger charge is -2.24. The van der Waals surface area contributed by atoms with Crippen molar-refractivity contribution in [2.45, 2.75) is 32.9 Å². The van der Waals surface area contributed by atoms with E-state index >= 15 is 0 Å². The zero-order chi connectivity index (χ0) is 9.42. The highest BCUT2D eigenvalue weighted by Crippen LogP contribution is 2.21. The van der Waals surface area contributed by atoms with E-state index in [-0.39, 0.29) is 5.82 Å². The Morgan fingerprint density at radius 1 is 1.46 bits per heavy atom. The van der Waals surface area contributed by atoms with Gasteiger partial charge in [-0.1, -0.05) is 0 Å². The normalized spacial score (nSPS) is 21.3. The van der Waals surface area contributed by atoms with E-state index in [0.717, 1.165) is 18.5 Å². The van der Waals surface area contributed by atoms with Crippen LogP contribution in [-0.4, -0.2) is 6.04 Å². The van der Waals surface area contributed by atoms with Crippen molar-refractivity contribution < 1.29 is 4.39 Å². The van der Waals surface area contributed by atoms with Gasteiger partial charge in [0, 0.05) is 12.6 Å². The number of halogens is 1. The van der Waals surface area contributed by atoms with Gasteiger partial charge >= 0.3 is 0 Å². The number of hydrogen-bond acceptors (Lipinski definition) is 1. The molecule has 1 nitrogen and oxygen atoms in total. The quantitative estimate of drug-likeness (QED) is 0.643. The van der Waals surface area contributed by atoms with E-state index in [4.69, 9.17) is 0 Å². The number of nitrogens with one attached hydrogen (secondary N) is 1. The van der Waals surface area contributed by atoms with E-state index < -0.39 is 0 Å². The summed E-state index contributed by atoms with van der Waals surface area (Å²) in [5.41, 5.74) is 3.51. The van der Waals surface area contributed by atoms with Crippen LogP contribution in [-0.2, 0) is 13.0 Å². The van der Waals surface area contributed by atoms with Crippen LogP contribution in [0.3, 0.4) is 0 Å². The van der Waals surface area contributed by atoms with Crippen molar-refractivity contribution in [1.29, 1.82) is 0 Å². The monoisotopic (exact) mass is 179 g/mol. The predicted octanol–water partition coefficient (Wildman–Crippen LogP) is 2.17. The maximum absolute atomic E-state index is 13.1. The van der Waals surface area contributed by atoms with Crippen LogP contribution in [0.2, 0.25) is 0 Å². The predicted molar refractivity (Wildman–Crippen MR) is 51.1 cm³/mol. The standard InChI is InChI=1S/C11H14FN/c1-7-3-10(12)5-9-4-8(2)13-6-11(7)9/h3,5,8,13H,4,6H2,1-2H3. The van der Waals surface area contributed by atoms with E-state index in [1.807, 2.05) is 6.92 Å². The smallest absolute Gasteiger partial charge is 0.123 e. The number of rotatable bonds is 0. The third-order valence-corrected chi connectivity index (χ3v) is 2.68. The van der Waals surface area contributed by atoms with Gasteiger partial charge in [0.25, 0.3) is 0 Å². The molecule has 1 atom stereocenters. The Balaban J connectivity index is 2.47. The molecule has 2 rings (SSSR count). The minimum absolute atomic E-state index is 0.106. The van der Waals surface area contributed by atoms with Gasteiger partial charge in [-0.15, -0.1) is 0 Å². The average molecular weight is 179 g/mol. The summed E-state index contributed by atoms with van der Waals surface area (Å²) >= 11 is 0. The lowest BCUT2D eigenvalue weighted by molar-refractivity contribution is 0.507. The lowest BCUT2D eigenvalue weighted by Crippen LogP contribution is -2.33. The molecule has 1 aromatic carbocycles. The fourth-order valence-corrected chi connectivity index (χ4v) is 1.96. The third kappa shape index (κ3) is 1.59. The third-order valence-electron chi connectivity index (χ3n) is 2.68. The molecule has 1 aliphatic heterocycles. The SMILES string of the molecule is Cc1cc(F)cc2c1CNC(C)C2. The highest BCUT2D eigenvalue weighted by atomic mass is 19.1. The van der Waals surface area contributed by atoms with Crippen LogP contribution < -0.4 is 5.32 Å². The van der Waals surface area contributed by atoms with Crippen molar-refractivity contribution in [2.24, 2.45) is 0 Å². The highest BCUT2D eigenvalue weighted by Gasteiger charge is 2.16. The molecule has 1 unspecified atom stereocenters. The lowest BCUT2D eigenvalue weighted by atomic mass is 9.93. The molecule has 0 aromatic heterocycles. The number of hydrogen-bond donors (Lipinski definition) is 1. The van der Waals surface area contributed by atoms with Crippen LogP contribution in [0.1, 0.15) is 23.6 Å². The first-order chi connectivity index (χ1) is 6.16. The molecule has 0 saturated heterocycles. The largest absolute Gasteiger partial charge is 0.310 e. The molecule has 0 radical (unpaired) electrons. The van der Waals surface area contributed by atoms with Crippen LogP contribution in [0.25, 0.3) is 0 Å². The molecule has 70 valence electrons. The minimum Gasteiger partial charge on any atom is -0.310 e. The number of fused-ring (bicyclic) bond motifs is 1. The minimum atomic E-state index is -0.106. The van der Waals surface area contributed by atoms with Crippen molar-refractivity contribution >= 4 is 0 Å². The summed E-state index contributed by atoms with van der Waals surface area (Å²) in [6, 6.07) is 3.74. The Hall–Kier alpha value is -0.890. The van der Waals surface area contributed by atoms with Gasteiger partial charge in [-0.25, -0.2) is 4.39 Å². The van der Waals surface area contributed by atoms with E-state index in [1.165, 1.54) is 11.1 Å². The molecule has 0 spiro atoms. The molecule has 0 amide bonds. The second kappa shape index (κ2) is 3.11. The molecule has 13 heavy (non-hydrogen) atoms. The zero-order valence-electron chi connectivity index (χ0n) is 8.02. The van der Waals surface area contributed by atoms with Gasteiger partial charge in [0.15, 0.2) is 0 Å². The Morgan fingerprint density at radius 3 is 3.00 bits per heavy atom. The summed E-state index contributed by atoms with van der Waals surface area (Å²) in [5.74, 6) is -0.106. The van der Waals surface area contributed by atoms with Crippen LogP contribution in [0.4, 0.5) is 4.39 Å². The Kier molecular flexibility index (Phi) is 2.08. The fourth-order valence-electron chi connectivity index (χ4n) is 1.96. The van der Waals surface area contributed by atoms with Crippen molar-refractivity contribution in [3.63, 3.8) is 0 Å². The highest BCUT2D eigenvalue weighted by molar-refractivity contribution is 5.37. The Morgan fingerprint density at radius 2 is 2.23 bits per heavy atom. The second-order valence-corrected chi connectivity index (χ2v) is 3.85. The van der Waals surface area contributed by atoms with Gasteiger partial charge in [0.1, 0.15) is 5.82 Å². The topological polar surface area (TPSA) is 12.0 Å². The molecule has 0 fully saturated rings. The van der Waals surface area contributed by atoms with Crippen LogP contribution >= 0.6 is 0 Å². The molecule has 0 bridgehead atoms. The van der Waals surface area contributed by atoms with E-state index in [2.05, 4.69) is 12.2 Å². The first-order valence-corrected chi connectivity index (χ1v) is 4.68. The fraction of sp³-hybridized carbons (Fsp3) is 0.455. The van der Waals surface area contributed by atoms with Crippen molar-refractivity contribution in [3.05, 3.63) is 34.6 Å². The van der Waals surface area contributed by atoms with Crippen LogP contribution in [0, 0.1) is 12.7 Å². The van der Waals surface area contributed by atoms with Crippen LogP contribution in [0.5, 0.6) is 0 Å². The van der Waals surface area contributed by atoms with Gasteiger partial charge in [-0.05, 0) is 49.1 Å². The van der Waals surface area contributed by atoms with Gasteiger partial charge in [-0.3, -0.25) is 0 Å². The molecule has 1 N–H and O–H groups in total. The van der Waals surface area contributed by atoms with E-state index in [9.17, 15) is 4.39 Å². The molecule has 0 saturated carbocycles.